The number of carbonyl (C=O) groups excluding carboxylic acids is 2. The third kappa shape index (κ3) is 4.03. The zero-order chi connectivity index (χ0) is 20.4. The molecule has 28 heavy (non-hydrogen) atoms. The van der Waals surface area contributed by atoms with Crippen molar-refractivity contribution in [1.82, 2.24) is 0 Å². The van der Waals surface area contributed by atoms with Crippen molar-refractivity contribution in [2.24, 2.45) is 5.92 Å². The summed E-state index contributed by atoms with van der Waals surface area (Å²) in [5, 5.41) is 11.8. The van der Waals surface area contributed by atoms with Crippen LogP contribution in [-0.4, -0.2) is 29.4 Å². The number of carboxylic acids is 1. The summed E-state index contributed by atoms with van der Waals surface area (Å²) >= 11 is 0. The highest BCUT2D eigenvalue weighted by atomic mass is 19.1. The van der Waals surface area contributed by atoms with Crippen molar-refractivity contribution in [2.45, 2.75) is 26.2 Å². The van der Waals surface area contributed by atoms with Crippen molar-refractivity contribution in [1.29, 1.82) is 0 Å². The molecule has 2 aromatic carbocycles. The normalized spacial score (nSPS) is 17.5. The molecule has 0 radical (unpaired) electrons. The summed E-state index contributed by atoms with van der Waals surface area (Å²) in [6.45, 7) is 3.44. The van der Waals surface area contributed by atoms with Crippen LogP contribution < -0.4 is 10.2 Å². The van der Waals surface area contributed by atoms with Crippen molar-refractivity contribution >= 4 is 29.2 Å². The summed E-state index contributed by atoms with van der Waals surface area (Å²) in [5.41, 5.74) is 2.19. The lowest BCUT2D eigenvalue weighted by atomic mass is 10.0. The predicted molar refractivity (Wildman–Crippen MR) is 103 cm³/mol. The van der Waals surface area contributed by atoms with Gasteiger partial charge in [0.05, 0.1) is 11.8 Å². The summed E-state index contributed by atoms with van der Waals surface area (Å²) in [7, 11) is 0. The highest BCUT2D eigenvalue weighted by molar-refractivity contribution is 6.03. The first-order valence-corrected chi connectivity index (χ1v) is 8.96. The van der Waals surface area contributed by atoms with Crippen LogP contribution in [0.1, 0.15) is 30.4 Å². The summed E-state index contributed by atoms with van der Waals surface area (Å²) in [6.07, 6.45) is 0.0798. The van der Waals surface area contributed by atoms with Crippen LogP contribution >= 0.6 is 0 Å². The highest BCUT2D eigenvalue weighted by Crippen LogP contribution is 2.27. The van der Waals surface area contributed by atoms with Gasteiger partial charge in [-0.2, -0.15) is 0 Å². The quantitative estimate of drug-likeness (QED) is 0.828. The first kappa shape index (κ1) is 19.5. The zero-order valence-corrected chi connectivity index (χ0v) is 15.6. The van der Waals surface area contributed by atoms with Gasteiger partial charge in [0.2, 0.25) is 11.8 Å². The summed E-state index contributed by atoms with van der Waals surface area (Å²) in [6, 6.07) is 11.0. The Morgan fingerprint density at radius 2 is 1.89 bits per heavy atom. The molecule has 0 bridgehead atoms. The zero-order valence-electron chi connectivity index (χ0n) is 15.6. The van der Waals surface area contributed by atoms with Crippen LogP contribution in [0.3, 0.4) is 0 Å². The minimum Gasteiger partial charge on any atom is -0.481 e. The van der Waals surface area contributed by atoms with Crippen molar-refractivity contribution in [2.75, 3.05) is 16.8 Å². The largest absolute Gasteiger partial charge is 0.481 e. The number of carboxylic acid groups (broad SMARTS) is 1. The first-order valence-electron chi connectivity index (χ1n) is 8.96. The van der Waals surface area contributed by atoms with Crippen molar-refractivity contribution < 1.29 is 23.9 Å². The maximum atomic E-state index is 13.5. The molecule has 1 fully saturated rings. The van der Waals surface area contributed by atoms with Crippen LogP contribution in [0.5, 0.6) is 0 Å². The standard InChI is InChI=1S/C21H21FN2O4/c1-12-9-17(7-8-18(12)22)24-11-15(10-19(24)25)20(26)23-16-5-3-14(4-6-16)13(2)21(27)28/h3-9,13,15H,10-11H2,1-2H3,(H,23,26)(H,27,28). The number of halogens is 1. The molecular formula is C21H21FN2O4. The van der Waals surface area contributed by atoms with E-state index in [1.807, 2.05) is 0 Å². The number of aryl methyl sites for hydroxylation is 1. The van der Waals surface area contributed by atoms with Crippen LogP contribution in [0.15, 0.2) is 42.5 Å². The third-order valence-corrected chi connectivity index (χ3v) is 5.00. The number of hydrogen-bond acceptors (Lipinski definition) is 3. The van der Waals surface area contributed by atoms with Crippen molar-refractivity contribution in [3.05, 3.63) is 59.4 Å². The van der Waals surface area contributed by atoms with Crippen LogP contribution in [-0.2, 0) is 14.4 Å². The molecule has 2 aromatic rings. The van der Waals surface area contributed by atoms with Crippen LogP contribution in [0.4, 0.5) is 15.8 Å². The van der Waals surface area contributed by atoms with Crippen LogP contribution in [0.25, 0.3) is 0 Å². The van der Waals surface area contributed by atoms with Crippen LogP contribution in [0, 0.1) is 18.7 Å². The fourth-order valence-electron chi connectivity index (χ4n) is 3.17. The van der Waals surface area contributed by atoms with Gasteiger partial charge in [-0.15, -0.1) is 0 Å². The lowest BCUT2D eigenvalue weighted by Gasteiger charge is -2.17. The van der Waals surface area contributed by atoms with Gasteiger partial charge in [0.1, 0.15) is 5.82 Å². The third-order valence-electron chi connectivity index (χ3n) is 5.00. The second-order valence-corrected chi connectivity index (χ2v) is 7.01. The van der Waals surface area contributed by atoms with E-state index in [9.17, 15) is 18.8 Å². The molecule has 146 valence electrons. The Hall–Kier alpha value is -3.22. The molecule has 7 heteroatoms. The monoisotopic (exact) mass is 384 g/mol. The molecule has 1 aliphatic heterocycles. The fourth-order valence-corrected chi connectivity index (χ4v) is 3.17. The molecule has 6 nitrogen and oxygen atoms in total. The maximum Gasteiger partial charge on any atom is 0.310 e. The van der Waals surface area contributed by atoms with E-state index < -0.39 is 17.8 Å². The Balaban J connectivity index is 1.66. The molecule has 1 heterocycles. The van der Waals surface area contributed by atoms with Crippen molar-refractivity contribution in [3.8, 4) is 0 Å². The summed E-state index contributed by atoms with van der Waals surface area (Å²) in [4.78, 5) is 37.4. The van der Waals surface area contributed by atoms with Gasteiger partial charge in [-0.1, -0.05) is 12.1 Å². The number of carbonyl (C=O) groups is 3. The van der Waals surface area contributed by atoms with Gasteiger partial charge in [-0.25, -0.2) is 4.39 Å². The molecule has 0 spiro atoms. The molecule has 2 N–H and O–H groups in total. The molecule has 2 unspecified atom stereocenters. The average Bonchev–Trinajstić information content (AvgIpc) is 3.06. The van der Waals surface area contributed by atoms with Gasteiger partial charge < -0.3 is 15.3 Å². The average molecular weight is 384 g/mol. The van der Waals surface area contributed by atoms with Gasteiger partial charge in [-0.05, 0) is 55.3 Å². The molecule has 1 saturated heterocycles. The number of anilines is 2. The first-order chi connectivity index (χ1) is 13.3. The number of rotatable bonds is 5. The number of nitrogens with zero attached hydrogens (tertiary/aromatic N) is 1. The molecule has 0 aliphatic carbocycles. The molecule has 1 aliphatic rings. The number of benzene rings is 2. The molecular weight excluding hydrogens is 363 g/mol. The Kier molecular flexibility index (Phi) is 5.44. The predicted octanol–water partition coefficient (Wildman–Crippen LogP) is 3.31. The smallest absolute Gasteiger partial charge is 0.310 e. The van der Waals surface area contributed by atoms with Gasteiger partial charge in [0.25, 0.3) is 0 Å². The summed E-state index contributed by atoms with van der Waals surface area (Å²) in [5.74, 6) is -2.88. The van der Waals surface area contributed by atoms with E-state index >= 15 is 0 Å². The number of amides is 2. The van der Waals surface area contributed by atoms with Gasteiger partial charge >= 0.3 is 5.97 Å². The number of aliphatic carboxylic acids is 1. The van der Waals surface area contributed by atoms with E-state index in [4.69, 9.17) is 5.11 Å². The molecule has 0 saturated carbocycles. The highest BCUT2D eigenvalue weighted by Gasteiger charge is 2.35. The second kappa shape index (κ2) is 7.80. The lowest BCUT2D eigenvalue weighted by molar-refractivity contribution is -0.138. The van der Waals surface area contributed by atoms with Gasteiger partial charge in [0.15, 0.2) is 0 Å². The Labute approximate surface area is 162 Å². The Bertz CT molecular complexity index is 927. The summed E-state index contributed by atoms with van der Waals surface area (Å²) < 4.78 is 13.5. The minimum atomic E-state index is -0.919. The minimum absolute atomic E-state index is 0.0798. The molecule has 0 aromatic heterocycles. The van der Waals surface area contributed by atoms with E-state index in [1.165, 1.54) is 17.0 Å². The lowest BCUT2D eigenvalue weighted by Crippen LogP contribution is -2.28. The molecule has 2 amide bonds. The van der Waals surface area contributed by atoms with Gasteiger partial charge in [0, 0.05) is 24.3 Å². The van der Waals surface area contributed by atoms with E-state index in [-0.39, 0.29) is 30.6 Å². The van der Waals surface area contributed by atoms with E-state index in [0.717, 1.165) is 0 Å². The van der Waals surface area contributed by atoms with E-state index in [0.29, 0.717) is 22.5 Å². The van der Waals surface area contributed by atoms with Gasteiger partial charge in [-0.3, -0.25) is 14.4 Å². The molecule has 3 rings (SSSR count). The SMILES string of the molecule is Cc1cc(N2CC(C(=O)Nc3ccc(C(C)C(=O)O)cc3)CC2=O)ccc1F. The van der Waals surface area contributed by atoms with E-state index in [2.05, 4.69) is 5.32 Å². The number of nitrogens with one attached hydrogen (secondary N) is 1. The van der Waals surface area contributed by atoms with Crippen LogP contribution in [0.2, 0.25) is 0 Å². The van der Waals surface area contributed by atoms with Crippen molar-refractivity contribution in [3.63, 3.8) is 0 Å². The molecule has 2 atom stereocenters. The number of hydrogen-bond donors (Lipinski definition) is 2. The Morgan fingerprint density at radius 3 is 2.50 bits per heavy atom. The second-order valence-electron chi connectivity index (χ2n) is 7.01. The topological polar surface area (TPSA) is 86.7 Å². The maximum absolute atomic E-state index is 13.5. The Morgan fingerprint density at radius 1 is 1.21 bits per heavy atom. The van der Waals surface area contributed by atoms with E-state index in [1.54, 1.807) is 44.2 Å². The fraction of sp³-hybridized carbons (Fsp3) is 0.286.